The highest BCUT2D eigenvalue weighted by Crippen LogP contribution is 2.27. The monoisotopic (exact) mass is 255 g/mol. The van der Waals surface area contributed by atoms with E-state index in [0.717, 1.165) is 12.1 Å². The minimum absolute atomic E-state index is 0.133. The Kier molecular flexibility index (Phi) is 6.66. The molecule has 1 aromatic heterocycles. The molecule has 2 N–H and O–H groups in total. The third-order valence-electron chi connectivity index (χ3n) is 3.04. The van der Waals surface area contributed by atoms with Crippen molar-refractivity contribution in [1.29, 1.82) is 0 Å². The third kappa shape index (κ3) is 4.72. The lowest BCUT2D eigenvalue weighted by molar-refractivity contribution is 0.555. The highest BCUT2D eigenvalue weighted by atomic mass is 32.1. The van der Waals surface area contributed by atoms with Crippen LogP contribution in [0.5, 0.6) is 0 Å². The van der Waals surface area contributed by atoms with Crippen LogP contribution in [0.4, 0.5) is 0 Å². The van der Waals surface area contributed by atoms with Gasteiger partial charge in [0.15, 0.2) is 0 Å². The Bertz CT molecular complexity index is 309. The molecule has 1 aromatic rings. The zero-order valence-electron chi connectivity index (χ0n) is 11.3. The lowest BCUT2D eigenvalue weighted by Gasteiger charge is -2.11. The van der Waals surface area contributed by atoms with E-state index in [9.17, 15) is 0 Å². The molecular weight excluding hydrogens is 230 g/mol. The minimum Gasteiger partial charge on any atom is -0.323 e. The van der Waals surface area contributed by atoms with Crippen LogP contribution in [0.2, 0.25) is 0 Å². The summed E-state index contributed by atoms with van der Waals surface area (Å²) in [5.74, 6) is 0.426. The molecule has 0 aliphatic heterocycles. The van der Waals surface area contributed by atoms with Crippen molar-refractivity contribution in [3.8, 4) is 0 Å². The summed E-state index contributed by atoms with van der Waals surface area (Å²) in [5, 5.41) is 4.18. The van der Waals surface area contributed by atoms with Gasteiger partial charge in [-0.3, -0.25) is 0 Å². The number of unbranched alkanes of at least 4 members (excludes halogenated alkanes) is 4. The van der Waals surface area contributed by atoms with Crippen LogP contribution in [0.15, 0.2) is 0 Å². The van der Waals surface area contributed by atoms with E-state index in [1.54, 1.807) is 0 Å². The highest BCUT2D eigenvalue weighted by molar-refractivity contribution is 7.05. The maximum absolute atomic E-state index is 6.22. The van der Waals surface area contributed by atoms with E-state index < -0.39 is 0 Å². The van der Waals surface area contributed by atoms with Gasteiger partial charge >= 0.3 is 0 Å². The number of hydrogen-bond donors (Lipinski definition) is 1. The van der Waals surface area contributed by atoms with Crippen molar-refractivity contribution in [2.24, 2.45) is 5.73 Å². The van der Waals surface area contributed by atoms with Crippen LogP contribution < -0.4 is 5.73 Å². The zero-order valence-corrected chi connectivity index (χ0v) is 12.1. The average Bonchev–Trinajstić information content (AvgIpc) is 2.77. The van der Waals surface area contributed by atoms with Crippen molar-refractivity contribution in [2.45, 2.75) is 71.3 Å². The maximum Gasteiger partial charge on any atom is 0.0828 e. The van der Waals surface area contributed by atoms with Gasteiger partial charge in [0.1, 0.15) is 0 Å². The van der Waals surface area contributed by atoms with E-state index in [0.29, 0.717) is 5.92 Å². The van der Waals surface area contributed by atoms with Crippen LogP contribution in [-0.4, -0.2) is 9.59 Å². The molecule has 17 heavy (non-hydrogen) atoms. The SMILES string of the molecule is CCCCCCCC(N)c1snnc1C(C)C. The summed E-state index contributed by atoms with van der Waals surface area (Å²) >= 11 is 1.47. The van der Waals surface area contributed by atoms with Crippen LogP contribution in [0, 0.1) is 0 Å². The quantitative estimate of drug-likeness (QED) is 0.714. The molecule has 0 radical (unpaired) electrons. The van der Waals surface area contributed by atoms with Gasteiger partial charge in [0, 0.05) is 6.04 Å². The number of hydrogen-bond acceptors (Lipinski definition) is 4. The van der Waals surface area contributed by atoms with Crippen LogP contribution in [-0.2, 0) is 0 Å². The lowest BCUT2D eigenvalue weighted by atomic mass is 10.0. The highest BCUT2D eigenvalue weighted by Gasteiger charge is 2.17. The Morgan fingerprint density at radius 3 is 2.53 bits per heavy atom. The number of aromatic nitrogens is 2. The van der Waals surface area contributed by atoms with Crippen LogP contribution in [0.25, 0.3) is 0 Å². The van der Waals surface area contributed by atoms with E-state index in [-0.39, 0.29) is 6.04 Å². The van der Waals surface area contributed by atoms with Gasteiger partial charge in [-0.15, -0.1) is 5.10 Å². The van der Waals surface area contributed by atoms with Crippen molar-refractivity contribution in [3.05, 3.63) is 10.6 Å². The molecule has 0 fully saturated rings. The van der Waals surface area contributed by atoms with Gasteiger partial charge in [0.05, 0.1) is 10.6 Å². The number of nitrogens with two attached hydrogens (primary N) is 1. The zero-order chi connectivity index (χ0) is 12.7. The van der Waals surface area contributed by atoms with Crippen molar-refractivity contribution in [3.63, 3.8) is 0 Å². The Balaban J connectivity index is 2.36. The normalized spacial score (nSPS) is 13.2. The molecule has 1 unspecified atom stereocenters. The molecule has 3 nitrogen and oxygen atoms in total. The maximum atomic E-state index is 6.22. The largest absolute Gasteiger partial charge is 0.323 e. The van der Waals surface area contributed by atoms with E-state index >= 15 is 0 Å². The Labute approximate surface area is 109 Å². The van der Waals surface area contributed by atoms with E-state index in [2.05, 4.69) is 30.4 Å². The summed E-state index contributed by atoms with van der Waals surface area (Å²) in [6.07, 6.45) is 7.55. The lowest BCUT2D eigenvalue weighted by Crippen LogP contribution is -2.11. The molecular formula is C13H25N3S. The van der Waals surface area contributed by atoms with Crippen LogP contribution in [0.3, 0.4) is 0 Å². The molecule has 1 heterocycles. The first-order chi connectivity index (χ1) is 8.16. The summed E-state index contributed by atoms with van der Waals surface area (Å²) < 4.78 is 4.03. The van der Waals surface area contributed by atoms with Gasteiger partial charge in [-0.1, -0.05) is 57.4 Å². The molecule has 0 saturated carbocycles. The molecule has 0 bridgehead atoms. The summed E-state index contributed by atoms with van der Waals surface area (Å²) in [4.78, 5) is 1.19. The minimum atomic E-state index is 0.133. The Morgan fingerprint density at radius 1 is 1.18 bits per heavy atom. The molecule has 4 heteroatoms. The molecule has 1 rings (SSSR count). The molecule has 0 aromatic carbocycles. The fourth-order valence-electron chi connectivity index (χ4n) is 1.96. The first-order valence-electron chi connectivity index (χ1n) is 6.74. The Hall–Kier alpha value is -0.480. The van der Waals surface area contributed by atoms with Gasteiger partial charge in [0.25, 0.3) is 0 Å². The molecule has 1 atom stereocenters. The Morgan fingerprint density at radius 2 is 1.88 bits per heavy atom. The summed E-state index contributed by atoms with van der Waals surface area (Å²) in [5.41, 5.74) is 7.32. The molecule has 0 saturated heterocycles. The second-order valence-corrected chi connectivity index (χ2v) is 5.77. The van der Waals surface area contributed by atoms with Crippen LogP contribution in [0.1, 0.15) is 81.8 Å². The van der Waals surface area contributed by atoms with Gasteiger partial charge < -0.3 is 5.73 Å². The summed E-state index contributed by atoms with van der Waals surface area (Å²) in [6, 6.07) is 0.133. The van der Waals surface area contributed by atoms with Crippen molar-refractivity contribution in [2.75, 3.05) is 0 Å². The summed E-state index contributed by atoms with van der Waals surface area (Å²) in [7, 11) is 0. The molecule has 98 valence electrons. The van der Waals surface area contributed by atoms with E-state index in [1.807, 2.05) is 0 Å². The topological polar surface area (TPSA) is 51.8 Å². The standard InChI is InChI=1S/C13H25N3S/c1-4-5-6-7-8-9-11(14)13-12(10(2)3)15-16-17-13/h10-11H,4-9,14H2,1-3H3. The fourth-order valence-corrected chi connectivity index (χ4v) is 2.80. The van der Waals surface area contributed by atoms with E-state index in [4.69, 9.17) is 5.73 Å². The second kappa shape index (κ2) is 7.77. The number of rotatable bonds is 8. The van der Waals surface area contributed by atoms with Gasteiger partial charge in [0.2, 0.25) is 0 Å². The van der Waals surface area contributed by atoms with Crippen molar-refractivity contribution >= 4 is 11.5 Å². The average molecular weight is 255 g/mol. The molecule has 0 aliphatic carbocycles. The predicted octanol–water partition coefficient (Wildman–Crippen LogP) is 4.02. The molecule has 0 amide bonds. The van der Waals surface area contributed by atoms with E-state index in [1.165, 1.54) is 48.5 Å². The van der Waals surface area contributed by atoms with Gasteiger partial charge in [-0.2, -0.15) is 0 Å². The fraction of sp³-hybridized carbons (Fsp3) is 0.846. The first kappa shape index (κ1) is 14.6. The second-order valence-electron chi connectivity index (χ2n) is 4.99. The van der Waals surface area contributed by atoms with Crippen molar-refractivity contribution in [1.82, 2.24) is 9.59 Å². The molecule has 0 aliphatic rings. The third-order valence-corrected chi connectivity index (χ3v) is 3.91. The number of nitrogens with zero attached hydrogens (tertiary/aromatic N) is 2. The van der Waals surface area contributed by atoms with Gasteiger partial charge in [-0.05, 0) is 23.9 Å². The summed E-state index contributed by atoms with van der Waals surface area (Å²) in [6.45, 7) is 6.53. The van der Waals surface area contributed by atoms with Gasteiger partial charge in [-0.25, -0.2) is 0 Å². The smallest absolute Gasteiger partial charge is 0.0828 e. The predicted molar refractivity (Wildman–Crippen MR) is 74.3 cm³/mol. The van der Waals surface area contributed by atoms with Crippen molar-refractivity contribution < 1.29 is 0 Å². The van der Waals surface area contributed by atoms with Crippen LogP contribution >= 0.6 is 11.5 Å². The first-order valence-corrected chi connectivity index (χ1v) is 7.51. The molecule has 0 spiro atoms.